The van der Waals surface area contributed by atoms with Crippen molar-refractivity contribution in [2.24, 2.45) is 5.73 Å². The Kier molecular flexibility index (Phi) is 7.69. The van der Waals surface area contributed by atoms with Crippen molar-refractivity contribution < 1.29 is 27.5 Å². The minimum atomic E-state index is -4.80. The van der Waals surface area contributed by atoms with Gasteiger partial charge in [0.15, 0.2) is 4.34 Å². The molecule has 3 aromatic rings. The van der Waals surface area contributed by atoms with E-state index in [9.17, 15) is 22.8 Å². The highest BCUT2D eigenvalue weighted by atomic mass is 32.2. The molecule has 3 rings (SSSR count). The number of nitrogens with one attached hydrogen (secondary N) is 1. The maximum atomic E-state index is 12.4. The van der Waals surface area contributed by atoms with Crippen LogP contribution in [0.1, 0.15) is 19.0 Å². The van der Waals surface area contributed by atoms with E-state index < -0.39 is 12.3 Å². The normalized spacial score (nSPS) is 12.4. The van der Waals surface area contributed by atoms with Gasteiger partial charge in [-0.2, -0.15) is 0 Å². The molecule has 0 saturated heterocycles. The number of carbonyl (C=O) groups excluding carboxylic acids is 2. The number of thioether (sulfide) groups is 1. The molecule has 3 N–H and O–H groups in total. The third-order valence-corrected chi connectivity index (χ3v) is 7.08. The van der Waals surface area contributed by atoms with E-state index in [1.54, 1.807) is 11.4 Å². The van der Waals surface area contributed by atoms with Gasteiger partial charge in [-0.05, 0) is 18.6 Å². The third kappa shape index (κ3) is 6.90. The summed E-state index contributed by atoms with van der Waals surface area (Å²) >= 11 is 3.57. The standard InChI is InChI=1S/C18H16F3N5O3S3/c1-2-12(14(22)28)31-17-23-10(8-30-17)7-13(27)24-16-26-25-15(32-16)9-4-3-5-11(6-9)29-18(19,20)21/h3-6,8,12H,2,7H2,1H3,(H2,22,28)(H,24,26,27). The summed E-state index contributed by atoms with van der Waals surface area (Å²) in [4.78, 5) is 28.0. The van der Waals surface area contributed by atoms with Crippen molar-refractivity contribution in [2.75, 3.05) is 5.32 Å². The average molecular weight is 504 g/mol. The van der Waals surface area contributed by atoms with Crippen molar-refractivity contribution in [3.8, 4) is 16.3 Å². The minimum Gasteiger partial charge on any atom is -0.406 e. The highest BCUT2D eigenvalue weighted by molar-refractivity contribution is 8.02. The average Bonchev–Trinajstić information content (AvgIpc) is 3.34. The van der Waals surface area contributed by atoms with Crippen molar-refractivity contribution >= 4 is 51.4 Å². The molecule has 0 aliphatic heterocycles. The summed E-state index contributed by atoms with van der Waals surface area (Å²) in [6.45, 7) is 1.85. The molecule has 1 aromatic carbocycles. The molecule has 0 radical (unpaired) electrons. The van der Waals surface area contributed by atoms with Crippen LogP contribution < -0.4 is 15.8 Å². The van der Waals surface area contributed by atoms with E-state index in [1.165, 1.54) is 41.3 Å². The lowest BCUT2D eigenvalue weighted by atomic mass is 10.2. The van der Waals surface area contributed by atoms with Crippen LogP contribution in [0, 0.1) is 0 Å². The highest BCUT2D eigenvalue weighted by Crippen LogP contribution is 2.31. The summed E-state index contributed by atoms with van der Waals surface area (Å²) in [5, 5.41) is 12.2. The second-order valence-corrected chi connectivity index (χ2v) is 9.52. The minimum absolute atomic E-state index is 0.0196. The lowest BCUT2D eigenvalue weighted by Gasteiger charge is -2.08. The zero-order chi connectivity index (χ0) is 23.3. The van der Waals surface area contributed by atoms with Crippen molar-refractivity contribution in [1.82, 2.24) is 15.2 Å². The maximum absolute atomic E-state index is 12.4. The van der Waals surface area contributed by atoms with Gasteiger partial charge in [-0.25, -0.2) is 4.98 Å². The highest BCUT2D eigenvalue weighted by Gasteiger charge is 2.31. The summed E-state index contributed by atoms with van der Waals surface area (Å²) in [6, 6.07) is 5.31. The number of anilines is 1. The molecule has 0 aliphatic carbocycles. The number of carbonyl (C=O) groups is 2. The molecule has 32 heavy (non-hydrogen) atoms. The molecule has 1 atom stereocenters. The topological polar surface area (TPSA) is 120 Å². The fourth-order valence-corrected chi connectivity index (χ4v) is 5.14. The van der Waals surface area contributed by atoms with Crippen LogP contribution in [0.25, 0.3) is 10.6 Å². The second-order valence-electron chi connectivity index (χ2n) is 6.23. The smallest absolute Gasteiger partial charge is 0.406 e. The third-order valence-electron chi connectivity index (χ3n) is 3.79. The van der Waals surface area contributed by atoms with Crippen LogP contribution in [-0.2, 0) is 16.0 Å². The summed E-state index contributed by atoms with van der Waals surface area (Å²) < 4.78 is 41.7. The fourth-order valence-electron chi connectivity index (χ4n) is 2.43. The van der Waals surface area contributed by atoms with Crippen molar-refractivity contribution in [1.29, 1.82) is 0 Å². The SMILES string of the molecule is CCC(Sc1nc(CC(=O)Nc2nnc(-c3cccc(OC(F)(F)F)c3)s2)cs1)C(N)=O. The molecule has 14 heteroatoms. The van der Waals surface area contributed by atoms with E-state index >= 15 is 0 Å². The summed E-state index contributed by atoms with van der Waals surface area (Å²) in [6.07, 6.45) is -4.25. The molecule has 0 bridgehead atoms. The Hall–Kier alpha value is -2.71. The van der Waals surface area contributed by atoms with Crippen LogP contribution in [0.3, 0.4) is 0 Å². The maximum Gasteiger partial charge on any atom is 0.573 e. The van der Waals surface area contributed by atoms with Gasteiger partial charge < -0.3 is 15.8 Å². The van der Waals surface area contributed by atoms with Crippen LogP contribution in [0.15, 0.2) is 34.0 Å². The number of rotatable bonds is 9. The molecule has 2 heterocycles. The zero-order valence-electron chi connectivity index (χ0n) is 16.4. The molecule has 0 fully saturated rings. The predicted molar refractivity (Wildman–Crippen MR) is 116 cm³/mol. The van der Waals surface area contributed by atoms with Crippen LogP contribution in [0.4, 0.5) is 18.3 Å². The quantitative estimate of drug-likeness (QED) is 0.422. The monoisotopic (exact) mass is 503 g/mol. The fraction of sp³-hybridized carbons (Fsp3) is 0.278. The number of nitrogens with zero attached hydrogens (tertiary/aromatic N) is 3. The van der Waals surface area contributed by atoms with E-state index in [0.717, 1.165) is 11.3 Å². The summed E-state index contributed by atoms with van der Waals surface area (Å²) in [5.74, 6) is -1.19. The molecule has 2 aromatic heterocycles. The first kappa shape index (κ1) is 23.9. The molecule has 0 spiro atoms. The second kappa shape index (κ2) is 10.3. The van der Waals surface area contributed by atoms with E-state index in [2.05, 4.69) is 25.2 Å². The van der Waals surface area contributed by atoms with Gasteiger partial charge in [0.05, 0.1) is 17.4 Å². The van der Waals surface area contributed by atoms with E-state index in [4.69, 9.17) is 5.73 Å². The molecule has 8 nitrogen and oxygen atoms in total. The van der Waals surface area contributed by atoms with E-state index in [1.807, 2.05) is 6.92 Å². The predicted octanol–water partition coefficient (Wildman–Crippen LogP) is 4.10. The molecule has 2 amide bonds. The first-order valence-electron chi connectivity index (χ1n) is 9.03. The number of alkyl halides is 3. The molecular weight excluding hydrogens is 487 g/mol. The number of ether oxygens (including phenoxy) is 1. The molecule has 0 saturated carbocycles. The Balaban J connectivity index is 1.60. The van der Waals surface area contributed by atoms with Crippen LogP contribution in [0.2, 0.25) is 0 Å². The Labute approximate surface area is 192 Å². The van der Waals surface area contributed by atoms with Gasteiger partial charge in [0.25, 0.3) is 0 Å². The Morgan fingerprint density at radius 1 is 1.31 bits per heavy atom. The van der Waals surface area contributed by atoms with Crippen molar-refractivity contribution in [3.63, 3.8) is 0 Å². The van der Waals surface area contributed by atoms with Gasteiger partial charge in [0.2, 0.25) is 16.9 Å². The van der Waals surface area contributed by atoms with Crippen molar-refractivity contribution in [3.05, 3.63) is 35.3 Å². The molecule has 1 unspecified atom stereocenters. The number of primary amides is 1. The molecule has 0 aliphatic rings. The first-order chi connectivity index (χ1) is 15.1. The zero-order valence-corrected chi connectivity index (χ0v) is 18.8. The number of hydrogen-bond acceptors (Lipinski definition) is 9. The first-order valence-corrected chi connectivity index (χ1v) is 11.6. The number of amides is 2. The van der Waals surface area contributed by atoms with Gasteiger partial charge in [0, 0.05) is 10.9 Å². The van der Waals surface area contributed by atoms with Gasteiger partial charge in [-0.3, -0.25) is 9.59 Å². The number of aromatic nitrogens is 3. The van der Waals surface area contributed by atoms with Gasteiger partial charge in [-0.1, -0.05) is 42.2 Å². The van der Waals surface area contributed by atoms with E-state index in [-0.39, 0.29) is 28.5 Å². The Morgan fingerprint density at radius 2 is 2.09 bits per heavy atom. The number of hydrogen-bond donors (Lipinski definition) is 2. The number of thiazole rings is 1. The summed E-state index contributed by atoms with van der Waals surface area (Å²) in [5.41, 5.74) is 6.22. The Bertz CT molecular complexity index is 1100. The van der Waals surface area contributed by atoms with Gasteiger partial charge in [-0.15, -0.1) is 34.7 Å². The Morgan fingerprint density at radius 3 is 2.78 bits per heavy atom. The van der Waals surface area contributed by atoms with E-state index in [0.29, 0.717) is 27.0 Å². The van der Waals surface area contributed by atoms with Crippen molar-refractivity contribution in [2.45, 2.75) is 35.7 Å². The van der Waals surface area contributed by atoms with Crippen LogP contribution in [0.5, 0.6) is 5.75 Å². The van der Waals surface area contributed by atoms with Crippen LogP contribution >= 0.6 is 34.4 Å². The lowest BCUT2D eigenvalue weighted by Crippen LogP contribution is -2.24. The van der Waals surface area contributed by atoms with Gasteiger partial charge in [0.1, 0.15) is 10.8 Å². The number of halogens is 3. The molecular formula is C18H16F3N5O3S3. The molecule has 170 valence electrons. The largest absolute Gasteiger partial charge is 0.573 e. The number of nitrogens with two attached hydrogens (primary N) is 1. The lowest BCUT2D eigenvalue weighted by molar-refractivity contribution is -0.274. The number of benzene rings is 1. The van der Waals surface area contributed by atoms with Crippen LogP contribution in [-0.4, -0.2) is 38.6 Å². The van der Waals surface area contributed by atoms with Gasteiger partial charge >= 0.3 is 6.36 Å². The summed E-state index contributed by atoms with van der Waals surface area (Å²) in [7, 11) is 0.